The highest BCUT2D eigenvalue weighted by Gasteiger charge is 2.59. The number of hydrogen-bond donors (Lipinski definition) is 2. The molecule has 3 rings (SSSR count). The molecule has 6 heteroatoms. The summed E-state index contributed by atoms with van der Waals surface area (Å²) in [4.78, 5) is 12.2. The molecule has 3 unspecified atom stereocenters. The molecule has 0 aromatic carbocycles. The van der Waals surface area contributed by atoms with E-state index in [1.165, 1.54) is 25.0 Å². The number of ether oxygens (including phenoxy) is 1. The maximum Gasteiger partial charge on any atom is 0.221 e. The largest absolute Gasteiger partial charge is 0.378 e. The summed E-state index contributed by atoms with van der Waals surface area (Å²) in [7, 11) is 0. The molecule has 1 saturated heterocycles. The van der Waals surface area contributed by atoms with Crippen molar-refractivity contribution < 1.29 is 9.53 Å². The van der Waals surface area contributed by atoms with E-state index in [0.29, 0.717) is 24.6 Å². The minimum absolute atomic E-state index is 0. The Morgan fingerprint density at radius 3 is 2.86 bits per heavy atom. The fraction of sp³-hybridized carbons (Fsp3) is 0.933. The molecule has 2 saturated carbocycles. The first-order valence-corrected chi connectivity index (χ1v) is 9.12. The van der Waals surface area contributed by atoms with E-state index in [4.69, 9.17) is 4.74 Å². The van der Waals surface area contributed by atoms with E-state index in [9.17, 15) is 4.79 Å². The standard InChI is InChI=1S/C15H26N2O2S.ClH/c1-2-19-13-9-12(15(13)4-3-5-15)17-14(18)8-11-10-20-7-6-16-11;/h11-13,16H,2-10H2,1H3,(H,17,18);1H. The van der Waals surface area contributed by atoms with Crippen LogP contribution in [0.3, 0.4) is 0 Å². The van der Waals surface area contributed by atoms with E-state index in [-0.39, 0.29) is 23.7 Å². The van der Waals surface area contributed by atoms with E-state index in [1.54, 1.807) is 0 Å². The molecular formula is C15H27ClN2O2S. The Hall–Kier alpha value is 0.0300. The van der Waals surface area contributed by atoms with Crippen LogP contribution in [0.25, 0.3) is 0 Å². The molecule has 2 aliphatic carbocycles. The predicted octanol–water partition coefficient (Wildman–Crippen LogP) is 1.97. The minimum atomic E-state index is 0. The van der Waals surface area contributed by atoms with Crippen LogP contribution in [0, 0.1) is 5.41 Å². The average molecular weight is 335 g/mol. The number of nitrogens with one attached hydrogen (secondary N) is 2. The molecule has 1 amide bonds. The second-order valence-corrected chi connectivity index (χ2v) is 7.47. The van der Waals surface area contributed by atoms with Crippen molar-refractivity contribution in [2.45, 2.75) is 57.2 Å². The fourth-order valence-electron chi connectivity index (χ4n) is 3.87. The second kappa shape index (κ2) is 7.53. The predicted molar refractivity (Wildman–Crippen MR) is 89.2 cm³/mol. The number of thioether (sulfide) groups is 1. The molecule has 1 aliphatic heterocycles. The topological polar surface area (TPSA) is 50.4 Å². The smallest absolute Gasteiger partial charge is 0.221 e. The summed E-state index contributed by atoms with van der Waals surface area (Å²) in [5.41, 5.74) is 0.278. The molecule has 1 heterocycles. The van der Waals surface area contributed by atoms with Crippen molar-refractivity contribution in [1.29, 1.82) is 0 Å². The summed E-state index contributed by atoms with van der Waals surface area (Å²) in [5, 5.41) is 6.71. The van der Waals surface area contributed by atoms with Gasteiger partial charge in [-0.3, -0.25) is 4.79 Å². The van der Waals surface area contributed by atoms with Gasteiger partial charge in [-0.25, -0.2) is 0 Å². The normalized spacial score (nSPS) is 33.5. The van der Waals surface area contributed by atoms with E-state index < -0.39 is 0 Å². The van der Waals surface area contributed by atoms with Crippen LogP contribution in [0.5, 0.6) is 0 Å². The average Bonchev–Trinajstić information content (AvgIpc) is 2.36. The van der Waals surface area contributed by atoms with Gasteiger partial charge in [-0.15, -0.1) is 12.4 Å². The fourth-order valence-corrected chi connectivity index (χ4v) is 4.82. The van der Waals surface area contributed by atoms with Crippen LogP contribution in [0.1, 0.15) is 39.0 Å². The third kappa shape index (κ3) is 3.52. The summed E-state index contributed by atoms with van der Waals surface area (Å²) in [6.07, 6.45) is 5.75. The van der Waals surface area contributed by atoms with Crippen molar-refractivity contribution in [2.24, 2.45) is 5.41 Å². The maximum absolute atomic E-state index is 12.2. The van der Waals surface area contributed by atoms with E-state index in [1.807, 2.05) is 11.8 Å². The van der Waals surface area contributed by atoms with Crippen LogP contribution in [0.2, 0.25) is 0 Å². The first kappa shape index (κ1) is 17.4. The van der Waals surface area contributed by atoms with Crippen molar-refractivity contribution in [1.82, 2.24) is 10.6 Å². The van der Waals surface area contributed by atoms with Crippen LogP contribution in [0.15, 0.2) is 0 Å². The maximum atomic E-state index is 12.2. The van der Waals surface area contributed by atoms with Gasteiger partial charge >= 0.3 is 0 Å². The van der Waals surface area contributed by atoms with Crippen molar-refractivity contribution in [3.05, 3.63) is 0 Å². The van der Waals surface area contributed by atoms with Gasteiger partial charge in [0, 0.05) is 48.6 Å². The van der Waals surface area contributed by atoms with Crippen molar-refractivity contribution in [2.75, 3.05) is 24.7 Å². The van der Waals surface area contributed by atoms with Gasteiger partial charge in [-0.2, -0.15) is 11.8 Å². The first-order chi connectivity index (χ1) is 9.74. The molecule has 2 N–H and O–H groups in total. The van der Waals surface area contributed by atoms with Gasteiger partial charge in [-0.1, -0.05) is 6.42 Å². The zero-order valence-corrected chi connectivity index (χ0v) is 14.4. The molecule has 0 radical (unpaired) electrons. The number of halogens is 1. The molecule has 0 aromatic heterocycles. The van der Waals surface area contributed by atoms with Gasteiger partial charge in [0.2, 0.25) is 5.91 Å². The highest BCUT2D eigenvalue weighted by atomic mass is 35.5. The van der Waals surface area contributed by atoms with Gasteiger partial charge < -0.3 is 15.4 Å². The molecule has 0 aromatic rings. The van der Waals surface area contributed by atoms with Crippen molar-refractivity contribution in [3.63, 3.8) is 0 Å². The zero-order valence-electron chi connectivity index (χ0n) is 12.7. The molecule has 3 fully saturated rings. The Kier molecular flexibility index (Phi) is 6.24. The lowest BCUT2D eigenvalue weighted by Gasteiger charge is -2.61. The van der Waals surface area contributed by atoms with Gasteiger partial charge in [0.1, 0.15) is 0 Å². The number of carbonyl (C=O) groups is 1. The van der Waals surface area contributed by atoms with Crippen LogP contribution in [-0.2, 0) is 9.53 Å². The third-order valence-electron chi connectivity index (χ3n) is 5.20. The van der Waals surface area contributed by atoms with Crippen molar-refractivity contribution >= 4 is 30.1 Å². The summed E-state index contributed by atoms with van der Waals surface area (Å²) in [5.74, 6) is 2.45. The number of rotatable bonds is 5. The van der Waals surface area contributed by atoms with Crippen LogP contribution >= 0.6 is 24.2 Å². The van der Waals surface area contributed by atoms with Crippen LogP contribution in [-0.4, -0.2) is 48.8 Å². The zero-order chi connectivity index (χ0) is 14.0. The molecule has 21 heavy (non-hydrogen) atoms. The highest BCUT2D eigenvalue weighted by molar-refractivity contribution is 7.99. The lowest BCUT2D eigenvalue weighted by Crippen LogP contribution is -2.67. The first-order valence-electron chi connectivity index (χ1n) is 7.96. The highest BCUT2D eigenvalue weighted by Crippen LogP contribution is 2.57. The van der Waals surface area contributed by atoms with Gasteiger partial charge in [0.15, 0.2) is 0 Å². The lowest BCUT2D eigenvalue weighted by molar-refractivity contribution is -0.175. The van der Waals surface area contributed by atoms with Crippen LogP contribution < -0.4 is 10.6 Å². The number of amides is 1. The molecule has 3 atom stereocenters. The minimum Gasteiger partial charge on any atom is -0.378 e. The summed E-state index contributed by atoms with van der Waals surface area (Å²) in [6, 6.07) is 0.713. The second-order valence-electron chi connectivity index (χ2n) is 6.32. The van der Waals surface area contributed by atoms with Crippen molar-refractivity contribution in [3.8, 4) is 0 Å². The van der Waals surface area contributed by atoms with E-state index in [2.05, 4.69) is 17.6 Å². The lowest BCUT2D eigenvalue weighted by atomic mass is 9.51. The monoisotopic (exact) mass is 334 g/mol. The molecule has 1 spiro atoms. The summed E-state index contributed by atoms with van der Waals surface area (Å²) < 4.78 is 5.83. The Bertz CT molecular complexity index is 360. The van der Waals surface area contributed by atoms with Gasteiger partial charge in [-0.05, 0) is 26.2 Å². The summed E-state index contributed by atoms with van der Waals surface area (Å²) in [6.45, 7) is 3.88. The van der Waals surface area contributed by atoms with Gasteiger partial charge in [0.05, 0.1) is 6.10 Å². The third-order valence-corrected chi connectivity index (χ3v) is 6.33. The van der Waals surface area contributed by atoms with E-state index >= 15 is 0 Å². The summed E-state index contributed by atoms with van der Waals surface area (Å²) >= 11 is 1.94. The number of carbonyl (C=O) groups excluding carboxylic acids is 1. The van der Waals surface area contributed by atoms with Gasteiger partial charge in [0.25, 0.3) is 0 Å². The van der Waals surface area contributed by atoms with E-state index in [0.717, 1.165) is 25.3 Å². The Labute approximate surface area is 137 Å². The molecule has 4 nitrogen and oxygen atoms in total. The van der Waals surface area contributed by atoms with Crippen LogP contribution in [0.4, 0.5) is 0 Å². The molecule has 122 valence electrons. The Balaban J connectivity index is 0.00000161. The Morgan fingerprint density at radius 2 is 2.29 bits per heavy atom. The number of hydrogen-bond acceptors (Lipinski definition) is 4. The molecule has 0 bridgehead atoms. The molecule has 3 aliphatic rings. The quantitative estimate of drug-likeness (QED) is 0.807. The molecular weight excluding hydrogens is 308 g/mol. The SMILES string of the molecule is CCOC1CC(NC(=O)CC2CSCCN2)C12CCC2.Cl. The Morgan fingerprint density at radius 1 is 1.48 bits per heavy atom.